The number of hydrogen-bond donors (Lipinski definition) is 1. The molecule has 0 saturated carbocycles. The quantitative estimate of drug-likeness (QED) is 0.819. The van der Waals surface area contributed by atoms with Gasteiger partial charge in [-0.1, -0.05) is 52.3 Å². The number of para-hydroxylation sites is 1. The zero-order valence-electron chi connectivity index (χ0n) is 9.79. The molecule has 0 fully saturated rings. The molecule has 0 aliphatic carbocycles. The van der Waals surface area contributed by atoms with Crippen LogP contribution in [-0.4, -0.2) is 6.18 Å². The summed E-state index contributed by atoms with van der Waals surface area (Å²) in [5.41, 5.74) is 0.597. The van der Waals surface area contributed by atoms with Crippen molar-refractivity contribution in [2.45, 2.75) is 12.2 Å². The summed E-state index contributed by atoms with van der Waals surface area (Å²) in [6.45, 7) is 0. The molecular weight excluding hydrogens is 319 g/mol. The summed E-state index contributed by atoms with van der Waals surface area (Å²) >= 11 is 3.16. The Morgan fingerprint density at radius 2 is 1.47 bits per heavy atom. The molecule has 1 atom stereocenters. The summed E-state index contributed by atoms with van der Waals surface area (Å²) < 4.78 is 40.0. The number of rotatable bonds is 3. The molecule has 0 spiro atoms. The van der Waals surface area contributed by atoms with E-state index in [1.165, 1.54) is 6.07 Å². The number of nitrogens with one attached hydrogen (secondary N) is 1. The molecule has 0 aromatic heterocycles. The molecular formula is C14H11BrF3N. The van der Waals surface area contributed by atoms with Crippen LogP contribution in [0.15, 0.2) is 59.1 Å². The summed E-state index contributed by atoms with van der Waals surface area (Å²) in [6.07, 6.45) is -4.38. The highest BCUT2D eigenvalue weighted by molar-refractivity contribution is 9.10. The highest BCUT2D eigenvalue weighted by Crippen LogP contribution is 2.38. The lowest BCUT2D eigenvalue weighted by atomic mass is 10.1. The van der Waals surface area contributed by atoms with Gasteiger partial charge in [-0.15, -0.1) is 0 Å². The molecule has 19 heavy (non-hydrogen) atoms. The number of benzene rings is 2. The van der Waals surface area contributed by atoms with Gasteiger partial charge in [0.05, 0.1) is 0 Å². The summed E-state index contributed by atoms with van der Waals surface area (Å²) in [4.78, 5) is 0. The van der Waals surface area contributed by atoms with E-state index in [1.807, 2.05) is 0 Å². The highest BCUT2D eigenvalue weighted by atomic mass is 79.9. The molecule has 2 aromatic rings. The molecule has 1 N–H and O–H groups in total. The lowest BCUT2D eigenvalue weighted by Crippen LogP contribution is -2.28. The first-order valence-electron chi connectivity index (χ1n) is 5.61. The SMILES string of the molecule is FC(F)(F)C(Nc1ccccc1)c1ccccc1Br. The summed E-state index contributed by atoms with van der Waals surface area (Å²) in [5.74, 6) is 0. The molecule has 0 aliphatic rings. The molecule has 0 bridgehead atoms. The van der Waals surface area contributed by atoms with E-state index >= 15 is 0 Å². The second-order valence-corrected chi connectivity index (χ2v) is 4.86. The lowest BCUT2D eigenvalue weighted by Gasteiger charge is -2.24. The molecule has 100 valence electrons. The maximum atomic E-state index is 13.2. The molecule has 0 amide bonds. The van der Waals surface area contributed by atoms with Crippen molar-refractivity contribution in [1.82, 2.24) is 0 Å². The second kappa shape index (κ2) is 5.65. The minimum atomic E-state index is -4.38. The fourth-order valence-corrected chi connectivity index (χ4v) is 2.26. The van der Waals surface area contributed by atoms with E-state index in [2.05, 4.69) is 21.2 Å². The molecule has 1 unspecified atom stereocenters. The van der Waals surface area contributed by atoms with E-state index < -0.39 is 12.2 Å². The van der Waals surface area contributed by atoms with Gasteiger partial charge in [-0.05, 0) is 23.8 Å². The number of alkyl halides is 3. The molecule has 0 saturated heterocycles. The van der Waals surface area contributed by atoms with Gasteiger partial charge in [0.1, 0.15) is 6.04 Å². The number of halogens is 4. The zero-order chi connectivity index (χ0) is 13.9. The summed E-state index contributed by atoms with van der Waals surface area (Å²) in [5, 5.41) is 2.52. The topological polar surface area (TPSA) is 12.0 Å². The van der Waals surface area contributed by atoms with E-state index in [-0.39, 0.29) is 5.56 Å². The van der Waals surface area contributed by atoms with Gasteiger partial charge in [0.2, 0.25) is 0 Å². The third kappa shape index (κ3) is 3.50. The Morgan fingerprint density at radius 3 is 2.05 bits per heavy atom. The lowest BCUT2D eigenvalue weighted by molar-refractivity contribution is -0.144. The predicted molar refractivity (Wildman–Crippen MR) is 73.0 cm³/mol. The van der Waals surface area contributed by atoms with Crippen molar-refractivity contribution in [3.8, 4) is 0 Å². The standard InChI is InChI=1S/C14H11BrF3N/c15-12-9-5-4-8-11(12)13(14(16,17)18)19-10-6-2-1-3-7-10/h1-9,13,19H. The van der Waals surface area contributed by atoms with Crippen LogP contribution >= 0.6 is 15.9 Å². The van der Waals surface area contributed by atoms with E-state index in [9.17, 15) is 13.2 Å². The zero-order valence-corrected chi connectivity index (χ0v) is 11.4. The molecule has 2 aromatic carbocycles. The van der Waals surface area contributed by atoms with Gasteiger partial charge >= 0.3 is 6.18 Å². The second-order valence-electron chi connectivity index (χ2n) is 4.01. The Bertz CT molecular complexity index is 540. The average molecular weight is 330 g/mol. The van der Waals surface area contributed by atoms with E-state index in [1.54, 1.807) is 48.5 Å². The van der Waals surface area contributed by atoms with Crippen LogP contribution in [0.4, 0.5) is 18.9 Å². The predicted octanol–water partition coefficient (Wildman–Crippen LogP) is 5.16. The van der Waals surface area contributed by atoms with Gasteiger partial charge in [0, 0.05) is 10.2 Å². The summed E-state index contributed by atoms with van der Waals surface area (Å²) in [6, 6.07) is 12.9. The minimum Gasteiger partial charge on any atom is -0.370 e. The van der Waals surface area contributed by atoms with Crippen molar-refractivity contribution in [3.05, 3.63) is 64.6 Å². The molecule has 0 radical (unpaired) electrons. The van der Waals surface area contributed by atoms with Crippen molar-refractivity contribution in [3.63, 3.8) is 0 Å². The van der Waals surface area contributed by atoms with Crippen LogP contribution in [0, 0.1) is 0 Å². The van der Waals surface area contributed by atoms with Crippen molar-refractivity contribution in [2.75, 3.05) is 5.32 Å². The van der Waals surface area contributed by atoms with Crippen molar-refractivity contribution in [1.29, 1.82) is 0 Å². The van der Waals surface area contributed by atoms with E-state index in [0.29, 0.717) is 10.2 Å². The molecule has 0 aliphatic heterocycles. The van der Waals surface area contributed by atoms with Crippen molar-refractivity contribution < 1.29 is 13.2 Å². The van der Waals surface area contributed by atoms with Crippen LogP contribution in [-0.2, 0) is 0 Å². The van der Waals surface area contributed by atoms with Gasteiger partial charge in [-0.2, -0.15) is 13.2 Å². The van der Waals surface area contributed by atoms with E-state index in [0.717, 1.165) is 0 Å². The van der Waals surface area contributed by atoms with Gasteiger partial charge in [0.15, 0.2) is 0 Å². The first kappa shape index (κ1) is 13.9. The van der Waals surface area contributed by atoms with Gasteiger partial charge in [-0.3, -0.25) is 0 Å². The van der Waals surface area contributed by atoms with Gasteiger partial charge < -0.3 is 5.32 Å². The number of anilines is 1. The third-order valence-electron chi connectivity index (χ3n) is 2.63. The van der Waals surface area contributed by atoms with Crippen LogP contribution in [0.25, 0.3) is 0 Å². The number of hydrogen-bond acceptors (Lipinski definition) is 1. The first-order chi connectivity index (χ1) is 8.98. The monoisotopic (exact) mass is 329 g/mol. The maximum Gasteiger partial charge on any atom is 0.412 e. The Labute approximate surface area is 117 Å². The Hall–Kier alpha value is -1.49. The normalized spacial score (nSPS) is 13.1. The maximum absolute atomic E-state index is 13.2. The smallest absolute Gasteiger partial charge is 0.370 e. The van der Waals surface area contributed by atoms with Crippen LogP contribution in [0.3, 0.4) is 0 Å². The van der Waals surface area contributed by atoms with Gasteiger partial charge in [-0.25, -0.2) is 0 Å². The van der Waals surface area contributed by atoms with E-state index in [4.69, 9.17) is 0 Å². The highest BCUT2D eigenvalue weighted by Gasteiger charge is 2.41. The van der Waals surface area contributed by atoms with Crippen molar-refractivity contribution >= 4 is 21.6 Å². The Morgan fingerprint density at radius 1 is 0.895 bits per heavy atom. The van der Waals surface area contributed by atoms with Crippen LogP contribution in [0.2, 0.25) is 0 Å². The molecule has 1 nitrogen and oxygen atoms in total. The van der Waals surface area contributed by atoms with Crippen LogP contribution in [0.5, 0.6) is 0 Å². The fourth-order valence-electron chi connectivity index (χ4n) is 1.75. The Balaban J connectivity index is 2.36. The molecule has 2 rings (SSSR count). The van der Waals surface area contributed by atoms with Crippen LogP contribution in [0.1, 0.15) is 11.6 Å². The van der Waals surface area contributed by atoms with Gasteiger partial charge in [0.25, 0.3) is 0 Å². The Kier molecular flexibility index (Phi) is 4.14. The minimum absolute atomic E-state index is 0.166. The largest absolute Gasteiger partial charge is 0.412 e. The van der Waals surface area contributed by atoms with Crippen LogP contribution < -0.4 is 5.32 Å². The fraction of sp³-hybridized carbons (Fsp3) is 0.143. The molecule has 5 heteroatoms. The average Bonchev–Trinajstić information content (AvgIpc) is 2.37. The summed E-state index contributed by atoms with van der Waals surface area (Å²) in [7, 11) is 0. The van der Waals surface area contributed by atoms with Crippen molar-refractivity contribution in [2.24, 2.45) is 0 Å². The third-order valence-corrected chi connectivity index (χ3v) is 3.35. The first-order valence-corrected chi connectivity index (χ1v) is 6.40. The molecule has 0 heterocycles.